The summed E-state index contributed by atoms with van der Waals surface area (Å²) in [6.45, 7) is 3.74. The predicted octanol–water partition coefficient (Wildman–Crippen LogP) is 2.74. The van der Waals surface area contributed by atoms with Crippen molar-refractivity contribution in [1.29, 1.82) is 0 Å². The van der Waals surface area contributed by atoms with Gasteiger partial charge < -0.3 is 14.8 Å². The van der Waals surface area contributed by atoms with Crippen LogP contribution in [0.4, 0.5) is 0 Å². The fraction of sp³-hybridized carbons (Fsp3) is 0.571. The van der Waals surface area contributed by atoms with Gasteiger partial charge in [0.05, 0.1) is 13.7 Å². The van der Waals surface area contributed by atoms with E-state index in [1.54, 1.807) is 7.11 Å². The third-order valence-electron chi connectivity index (χ3n) is 2.86. The summed E-state index contributed by atoms with van der Waals surface area (Å²) in [7, 11) is 1.69. The molecule has 0 radical (unpaired) electrons. The Morgan fingerprint density at radius 3 is 2.76 bits per heavy atom. The summed E-state index contributed by atoms with van der Waals surface area (Å²) >= 11 is 0. The molecule has 0 amide bonds. The van der Waals surface area contributed by atoms with E-state index in [0.717, 1.165) is 37.1 Å². The van der Waals surface area contributed by atoms with Gasteiger partial charge >= 0.3 is 0 Å². The monoisotopic (exact) mass is 235 g/mol. The molecule has 0 heterocycles. The van der Waals surface area contributed by atoms with E-state index in [0.29, 0.717) is 0 Å². The second kappa shape index (κ2) is 5.92. The van der Waals surface area contributed by atoms with Crippen LogP contribution in [-0.4, -0.2) is 19.8 Å². The summed E-state index contributed by atoms with van der Waals surface area (Å²) in [5, 5.41) is 3.49. The molecule has 0 aliphatic heterocycles. The molecule has 3 heteroatoms. The lowest BCUT2D eigenvalue weighted by Gasteiger charge is -2.12. The van der Waals surface area contributed by atoms with Crippen LogP contribution in [0.5, 0.6) is 11.5 Å². The molecular weight excluding hydrogens is 214 g/mol. The summed E-state index contributed by atoms with van der Waals surface area (Å²) < 4.78 is 11.0. The smallest absolute Gasteiger partial charge is 0.161 e. The Balaban J connectivity index is 1.98. The highest BCUT2D eigenvalue weighted by Crippen LogP contribution is 2.28. The SMILES string of the molecule is CCCOc1ccc(CNC2CC2)cc1OC. The quantitative estimate of drug-likeness (QED) is 0.788. The Bertz CT molecular complexity index is 361. The number of benzene rings is 1. The van der Waals surface area contributed by atoms with Crippen molar-refractivity contribution < 1.29 is 9.47 Å². The molecule has 1 fully saturated rings. The van der Waals surface area contributed by atoms with Gasteiger partial charge in [-0.25, -0.2) is 0 Å². The first-order chi connectivity index (χ1) is 8.33. The standard InChI is InChI=1S/C14H21NO2/c1-3-8-17-13-7-4-11(9-14(13)16-2)10-15-12-5-6-12/h4,7,9,12,15H,3,5-6,8,10H2,1-2H3. The summed E-state index contributed by atoms with van der Waals surface area (Å²) in [4.78, 5) is 0. The van der Waals surface area contributed by atoms with E-state index in [1.165, 1.54) is 18.4 Å². The summed E-state index contributed by atoms with van der Waals surface area (Å²) in [5.74, 6) is 1.66. The van der Waals surface area contributed by atoms with Gasteiger partial charge in [-0.1, -0.05) is 13.0 Å². The van der Waals surface area contributed by atoms with Crippen molar-refractivity contribution in [3.63, 3.8) is 0 Å². The van der Waals surface area contributed by atoms with Crippen LogP contribution in [0.3, 0.4) is 0 Å². The molecule has 0 atom stereocenters. The van der Waals surface area contributed by atoms with Crippen molar-refractivity contribution in [3.05, 3.63) is 23.8 Å². The first-order valence-electron chi connectivity index (χ1n) is 6.36. The molecule has 2 rings (SSSR count). The second-order valence-corrected chi connectivity index (χ2v) is 4.49. The molecule has 1 saturated carbocycles. The van der Waals surface area contributed by atoms with Crippen LogP contribution >= 0.6 is 0 Å². The third-order valence-corrected chi connectivity index (χ3v) is 2.86. The predicted molar refractivity (Wildman–Crippen MR) is 68.6 cm³/mol. The molecule has 0 saturated heterocycles. The number of hydrogen-bond donors (Lipinski definition) is 1. The van der Waals surface area contributed by atoms with Crippen molar-refractivity contribution in [3.8, 4) is 11.5 Å². The molecule has 0 unspecified atom stereocenters. The molecule has 3 nitrogen and oxygen atoms in total. The fourth-order valence-electron chi connectivity index (χ4n) is 1.70. The average molecular weight is 235 g/mol. The van der Waals surface area contributed by atoms with Crippen molar-refractivity contribution in [1.82, 2.24) is 5.32 Å². The highest BCUT2D eigenvalue weighted by atomic mass is 16.5. The van der Waals surface area contributed by atoms with Gasteiger partial charge in [-0.05, 0) is 37.0 Å². The largest absolute Gasteiger partial charge is 0.493 e. The zero-order valence-electron chi connectivity index (χ0n) is 10.7. The van der Waals surface area contributed by atoms with Gasteiger partial charge in [0.15, 0.2) is 11.5 Å². The van der Waals surface area contributed by atoms with Crippen molar-refractivity contribution in [2.75, 3.05) is 13.7 Å². The molecule has 1 N–H and O–H groups in total. The molecule has 1 aliphatic carbocycles. The van der Waals surface area contributed by atoms with Gasteiger partial charge in [-0.2, -0.15) is 0 Å². The molecular formula is C14H21NO2. The van der Waals surface area contributed by atoms with E-state index in [1.807, 2.05) is 6.07 Å². The Morgan fingerprint density at radius 1 is 1.29 bits per heavy atom. The maximum atomic E-state index is 5.62. The Hall–Kier alpha value is -1.22. The summed E-state index contributed by atoms with van der Waals surface area (Å²) in [6.07, 6.45) is 3.64. The highest BCUT2D eigenvalue weighted by Gasteiger charge is 2.20. The number of nitrogens with one attached hydrogen (secondary N) is 1. The number of methoxy groups -OCH3 is 1. The average Bonchev–Trinajstić information content (AvgIpc) is 3.18. The molecule has 1 aromatic carbocycles. The van der Waals surface area contributed by atoms with Gasteiger partial charge in [0.2, 0.25) is 0 Å². The van der Waals surface area contributed by atoms with E-state index in [-0.39, 0.29) is 0 Å². The van der Waals surface area contributed by atoms with Crippen LogP contribution in [0, 0.1) is 0 Å². The highest BCUT2D eigenvalue weighted by molar-refractivity contribution is 5.42. The molecule has 0 bridgehead atoms. The topological polar surface area (TPSA) is 30.5 Å². The normalized spacial score (nSPS) is 14.7. The van der Waals surface area contributed by atoms with Crippen molar-refractivity contribution in [2.45, 2.75) is 38.8 Å². The summed E-state index contributed by atoms with van der Waals surface area (Å²) in [5.41, 5.74) is 1.25. The van der Waals surface area contributed by atoms with Gasteiger partial charge in [-0.3, -0.25) is 0 Å². The minimum absolute atomic E-state index is 0.732. The van der Waals surface area contributed by atoms with Gasteiger partial charge in [0, 0.05) is 12.6 Å². The number of ether oxygens (including phenoxy) is 2. The first kappa shape index (κ1) is 12.2. The van der Waals surface area contributed by atoms with E-state index in [4.69, 9.17) is 9.47 Å². The second-order valence-electron chi connectivity index (χ2n) is 4.49. The maximum Gasteiger partial charge on any atom is 0.161 e. The van der Waals surface area contributed by atoms with Gasteiger partial charge in [0.25, 0.3) is 0 Å². The molecule has 94 valence electrons. The third kappa shape index (κ3) is 3.63. The lowest BCUT2D eigenvalue weighted by Crippen LogP contribution is -2.15. The lowest BCUT2D eigenvalue weighted by molar-refractivity contribution is 0.294. The molecule has 1 aliphatic rings. The van der Waals surface area contributed by atoms with Crippen LogP contribution in [0.25, 0.3) is 0 Å². The molecule has 0 aromatic heterocycles. The zero-order chi connectivity index (χ0) is 12.1. The van der Waals surface area contributed by atoms with E-state index in [2.05, 4.69) is 24.4 Å². The first-order valence-corrected chi connectivity index (χ1v) is 6.36. The minimum Gasteiger partial charge on any atom is -0.493 e. The van der Waals surface area contributed by atoms with Crippen molar-refractivity contribution >= 4 is 0 Å². The van der Waals surface area contributed by atoms with E-state index in [9.17, 15) is 0 Å². The van der Waals surface area contributed by atoms with Crippen LogP contribution in [-0.2, 0) is 6.54 Å². The van der Waals surface area contributed by atoms with Crippen molar-refractivity contribution in [2.24, 2.45) is 0 Å². The zero-order valence-corrected chi connectivity index (χ0v) is 10.7. The lowest BCUT2D eigenvalue weighted by atomic mass is 10.2. The van der Waals surface area contributed by atoms with Crippen LogP contribution in [0.15, 0.2) is 18.2 Å². The van der Waals surface area contributed by atoms with Crippen LogP contribution in [0.1, 0.15) is 31.7 Å². The molecule has 1 aromatic rings. The number of hydrogen-bond acceptors (Lipinski definition) is 3. The van der Waals surface area contributed by atoms with E-state index >= 15 is 0 Å². The Labute approximate surface area is 103 Å². The Morgan fingerprint density at radius 2 is 2.12 bits per heavy atom. The van der Waals surface area contributed by atoms with Gasteiger partial charge in [-0.15, -0.1) is 0 Å². The number of rotatable bonds is 7. The van der Waals surface area contributed by atoms with Gasteiger partial charge in [0.1, 0.15) is 0 Å². The molecule has 17 heavy (non-hydrogen) atoms. The maximum absolute atomic E-state index is 5.62. The van der Waals surface area contributed by atoms with E-state index < -0.39 is 0 Å². The Kier molecular flexibility index (Phi) is 4.26. The fourth-order valence-corrected chi connectivity index (χ4v) is 1.70. The van der Waals surface area contributed by atoms with Crippen LogP contribution in [0.2, 0.25) is 0 Å². The van der Waals surface area contributed by atoms with Crippen LogP contribution < -0.4 is 14.8 Å². The minimum atomic E-state index is 0.732. The summed E-state index contributed by atoms with van der Waals surface area (Å²) in [6, 6.07) is 6.89. The molecule has 0 spiro atoms.